The topological polar surface area (TPSA) is 71.3 Å². The van der Waals surface area contributed by atoms with E-state index in [4.69, 9.17) is 0 Å². The van der Waals surface area contributed by atoms with Crippen molar-refractivity contribution in [3.8, 4) is 0 Å². The molecule has 0 radical (unpaired) electrons. The van der Waals surface area contributed by atoms with Crippen molar-refractivity contribution < 1.29 is 4.92 Å². The second-order valence-corrected chi connectivity index (χ2v) is 6.01. The summed E-state index contributed by atoms with van der Waals surface area (Å²) in [4.78, 5) is 17.2. The highest BCUT2D eigenvalue weighted by Gasteiger charge is 2.12. The summed E-state index contributed by atoms with van der Waals surface area (Å²) >= 11 is 3.74. The Balaban J connectivity index is 2.80. The number of nitro groups is 1. The highest BCUT2D eigenvalue weighted by Crippen LogP contribution is 2.18. The lowest BCUT2D eigenvalue weighted by molar-refractivity contribution is -0.404. The highest BCUT2D eigenvalue weighted by molar-refractivity contribution is 14.1. The average Bonchev–Trinajstić information content (AvgIpc) is 2.68. The Morgan fingerprint density at radius 3 is 2.94 bits per heavy atom. The summed E-state index contributed by atoms with van der Waals surface area (Å²) in [6.07, 6.45) is 2.78. The van der Waals surface area contributed by atoms with Crippen LogP contribution in [0.15, 0.2) is 18.2 Å². The van der Waals surface area contributed by atoms with Gasteiger partial charge in [-0.15, -0.1) is 11.3 Å². The minimum absolute atomic E-state index is 0.453. The molecule has 0 saturated heterocycles. The van der Waals surface area contributed by atoms with E-state index in [9.17, 15) is 10.1 Å². The third-order valence-corrected chi connectivity index (χ3v) is 3.79. The van der Waals surface area contributed by atoms with Crippen LogP contribution in [0, 0.1) is 13.1 Å². The average molecular weight is 368 g/mol. The summed E-state index contributed by atoms with van der Waals surface area (Å²) in [5.74, 6) is 0.501. The Kier molecular flexibility index (Phi) is 5.62. The molecule has 6 nitrogen and oxygen atoms in total. The van der Waals surface area contributed by atoms with E-state index < -0.39 is 4.92 Å². The fourth-order valence-electron chi connectivity index (χ4n) is 1.32. The van der Waals surface area contributed by atoms with Crippen molar-refractivity contribution in [2.24, 2.45) is 0 Å². The molecule has 0 bridgehead atoms. The molecule has 0 saturated carbocycles. The first-order valence-electron chi connectivity index (χ1n) is 4.95. The Hall–Kier alpha value is -0.900. The zero-order valence-electron chi connectivity index (χ0n) is 9.51. The number of hydrogen-bond acceptors (Lipinski definition) is 6. The van der Waals surface area contributed by atoms with Gasteiger partial charge in [-0.05, 0) is 29.5 Å². The molecule has 0 aliphatic heterocycles. The van der Waals surface area contributed by atoms with E-state index in [0.717, 1.165) is 14.1 Å². The lowest BCUT2D eigenvalue weighted by atomic mass is 10.4. The molecule has 0 aromatic carbocycles. The molecule has 94 valence electrons. The summed E-state index contributed by atoms with van der Waals surface area (Å²) in [5.41, 5.74) is 0. The summed E-state index contributed by atoms with van der Waals surface area (Å²) in [6.45, 7) is 3.27. The maximum absolute atomic E-state index is 10.5. The van der Waals surface area contributed by atoms with E-state index in [1.165, 1.54) is 0 Å². The zero-order chi connectivity index (χ0) is 12.8. The van der Waals surface area contributed by atoms with E-state index in [2.05, 4.69) is 32.9 Å². The molecule has 17 heavy (non-hydrogen) atoms. The van der Waals surface area contributed by atoms with Crippen molar-refractivity contribution in [2.75, 3.05) is 13.6 Å². The van der Waals surface area contributed by atoms with Crippen molar-refractivity contribution in [3.05, 3.63) is 36.2 Å². The van der Waals surface area contributed by atoms with Crippen LogP contribution in [0.4, 0.5) is 0 Å². The molecule has 1 aromatic heterocycles. The molecule has 0 aliphatic rings. The number of nitrogens with one attached hydrogen (secondary N) is 1. The van der Waals surface area contributed by atoms with Gasteiger partial charge in [-0.3, -0.25) is 10.1 Å². The quantitative estimate of drug-likeness (QED) is 0.472. The maximum Gasteiger partial charge on any atom is 0.274 e. The first kappa shape index (κ1) is 14.2. The molecule has 0 atom stereocenters. The van der Waals surface area contributed by atoms with Crippen molar-refractivity contribution in [2.45, 2.75) is 13.5 Å². The van der Waals surface area contributed by atoms with Crippen LogP contribution in [0.25, 0.3) is 0 Å². The molecule has 1 rings (SSSR count). The van der Waals surface area contributed by atoms with Crippen LogP contribution in [0.2, 0.25) is 0 Å². The van der Waals surface area contributed by atoms with Gasteiger partial charge in [0.05, 0.1) is 11.5 Å². The smallest absolute Gasteiger partial charge is 0.274 e. The molecule has 0 unspecified atom stereocenters. The first-order chi connectivity index (χ1) is 8.06. The Bertz CT molecular complexity index is 421. The van der Waals surface area contributed by atoms with Crippen molar-refractivity contribution >= 4 is 33.9 Å². The van der Waals surface area contributed by atoms with Gasteiger partial charge < -0.3 is 10.2 Å². The highest BCUT2D eigenvalue weighted by atomic mass is 127. The van der Waals surface area contributed by atoms with Crippen molar-refractivity contribution in [1.29, 1.82) is 0 Å². The van der Waals surface area contributed by atoms with Crippen LogP contribution in [0.3, 0.4) is 0 Å². The van der Waals surface area contributed by atoms with Gasteiger partial charge in [0.25, 0.3) is 6.20 Å². The SMILES string of the molecule is CCN(Cc1cnc(I)s1)/C(=C\[N+](=O)[O-])NC. The molecule has 0 spiro atoms. The summed E-state index contributed by atoms with van der Waals surface area (Å²) in [6, 6.07) is 0. The maximum atomic E-state index is 10.5. The van der Waals surface area contributed by atoms with Gasteiger partial charge >= 0.3 is 0 Å². The van der Waals surface area contributed by atoms with Crippen LogP contribution in [0.5, 0.6) is 0 Å². The van der Waals surface area contributed by atoms with Gasteiger partial charge in [-0.25, -0.2) is 4.98 Å². The third kappa shape index (κ3) is 4.46. The second-order valence-electron chi connectivity index (χ2n) is 3.14. The minimum atomic E-state index is -0.453. The number of halogens is 1. The molecule has 0 fully saturated rings. The molecule has 1 heterocycles. The zero-order valence-corrected chi connectivity index (χ0v) is 12.5. The van der Waals surface area contributed by atoms with Crippen LogP contribution in [0.1, 0.15) is 11.8 Å². The predicted molar refractivity (Wildman–Crippen MR) is 75.1 cm³/mol. The standard InChI is InChI=1S/C9H13IN4O2S/c1-3-13(8(11-2)6-14(15)16)5-7-4-12-9(10)17-7/h4,6,11H,3,5H2,1-2H3/b8-6-. The van der Waals surface area contributed by atoms with Gasteiger partial charge in [-0.1, -0.05) is 0 Å². The normalized spacial score (nSPS) is 11.4. The van der Waals surface area contributed by atoms with E-state index in [1.807, 2.05) is 11.8 Å². The van der Waals surface area contributed by atoms with Gasteiger partial charge in [0.2, 0.25) is 0 Å². The summed E-state index contributed by atoms with van der Waals surface area (Å²) in [5, 5.41) is 13.3. The molecular weight excluding hydrogens is 355 g/mol. The number of thiazole rings is 1. The largest absolute Gasteiger partial charge is 0.370 e. The Labute approximate surface area is 117 Å². The third-order valence-electron chi connectivity index (χ3n) is 2.08. The van der Waals surface area contributed by atoms with Crippen molar-refractivity contribution in [1.82, 2.24) is 15.2 Å². The Morgan fingerprint density at radius 1 is 1.82 bits per heavy atom. The lowest BCUT2D eigenvalue weighted by Crippen LogP contribution is -2.29. The molecule has 0 aliphatic carbocycles. The number of hydrogen-bond donors (Lipinski definition) is 1. The van der Waals surface area contributed by atoms with E-state index in [0.29, 0.717) is 18.9 Å². The van der Waals surface area contributed by atoms with Gasteiger partial charge in [0.15, 0.2) is 8.84 Å². The lowest BCUT2D eigenvalue weighted by Gasteiger charge is -2.22. The van der Waals surface area contributed by atoms with Crippen LogP contribution in [-0.2, 0) is 6.54 Å². The Morgan fingerprint density at radius 2 is 2.53 bits per heavy atom. The number of rotatable bonds is 6. The molecular formula is C9H13IN4O2S. The fourth-order valence-corrected chi connectivity index (χ4v) is 2.95. The van der Waals surface area contributed by atoms with Gasteiger partial charge in [0, 0.05) is 24.7 Å². The number of nitrogens with zero attached hydrogens (tertiary/aromatic N) is 3. The summed E-state index contributed by atoms with van der Waals surface area (Å²) in [7, 11) is 1.68. The van der Waals surface area contributed by atoms with Gasteiger partial charge in [0.1, 0.15) is 0 Å². The molecule has 8 heteroatoms. The predicted octanol–water partition coefficient (Wildman–Crippen LogP) is 1.86. The van der Waals surface area contributed by atoms with E-state index >= 15 is 0 Å². The number of aromatic nitrogens is 1. The first-order valence-corrected chi connectivity index (χ1v) is 6.84. The minimum Gasteiger partial charge on any atom is -0.370 e. The second kappa shape index (κ2) is 6.74. The molecule has 0 amide bonds. The molecule has 1 aromatic rings. The van der Waals surface area contributed by atoms with Gasteiger partial charge in [-0.2, -0.15) is 0 Å². The molecule has 1 N–H and O–H groups in total. The van der Waals surface area contributed by atoms with Crippen LogP contribution in [-0.4, -0.2) is 28.4 Å². The van der Waals surface area contributed by atoms with Crippen LogP contribution >= 0.6 is 33.9 Å². The van der Waals surface area contributed by atoms with E-state index in [1.54, 1.807) is 24.6 Å². The summed E-state index contributed by atoms with van der Waals surface area (Å²) < 4.78 is 0.970. The van der Waals surface area contributed by atoms with Crippen LogP contribution < -0.4 is 5.32 Å². The van der Waals surface area contributed by atoms with Crippen molar-refractivity contribution in [3.63, 3.8) is 0 Å². The fraction of sp³-hybridized carbons (Fsp3) is 0.444. The van der Waals surface area contributed by atoms with E-state index in [-0.39, 0.29) is 0 Å². The monoisotopic (exact) mass is 368 g/mol.